The number of halogens is 2. The van der Waals surface area contributed by atoms with Gasteiger partial charge in [0.1, 0.15) is 17.7 Å². The zero-order valence-electron chi connectivity index (χ0n) is 13.4. The Hall–Kier alpha value is -2.02. The Morgan fingerprint density at radius 3 is 2.71 bits per heavy atom. The van der Waals surface area contributed by atoms with E-state index in [1.54, 1.807) is 0 Å². The fraction of sp³-hybridized carbons (Fsp3) is 0.529. The minimum atomic E-state index is -0.546. The second-order valence-corrected chi connectivity index (χ2v) is 6.44. The maximum Gasteiger partial charge on any atom is 0.242 e. The van der Waals surface area contributed by atoms with Crippen LogP contribution in [-0.2, 0) is 16.1 Å². The molecule has 0 aromatic heterocycles. The average molecular weight is 337 g/mol. The maximum atomic E-state index is 13.8. The van der Waals surface area contributed by atoms with Crippen LogP contribution in [0, 0.1) is 11.6 Å². The van der Waals surface area contributed by atoms with E-state index in [-0.39, 0.29) is 30.0 Å². The van der Waals surface area contributed by atoms with Crippen molar-refractivity contribution in [3.8, 4) is 0 Å². The fourth-order valence-corrected chi connectivity index (χ4v) is 3.34. The van der Waals surface area contributed by atoms with Gasteiger partial charge >= 0.3 is 0 Å². The van der Waals surface area contributed by atoms with Gasteiger partial charge in [-0.25, -0.2) is 8.78 Å². The summed E-state index contributed by atoms with van der Waals surface area (Å²) >= 11 is 0. The van der Waals surface area contributed by atoms with Gasteiger partial charge in [-0.15, -0.1) is 0 Å². The number of benzene rings is 1. The molecule has 1 aromatic rings. The largest absolute Gasteiger partial charge is 0.350 e. The summed E-state index contributed by atoms with van der Waals surface area (Å²) < 4.78 is 27.6. The zero-order chi connectivity index (χ0) is 17.1. The molecule has 2 atom stereocenters. The SMILES string of the molecule is O=C1CCC(C(=O)NC2CCCN(Cc3c(F)cccc3F)C2)N1. The summed E-state index contributed by atoms with van der Waals surface area (Å²) in [5.41, 5.74) is 0.0625. The van der Waals surface area contributed by atoms with E-state index < -0.39 is 17.7 Å². The molecular formula is C17H21F2N3O2. The molecule has 3 rings (SSSR count). The fourth-order valence-electron chi connectivity index (χ4n) is 3.34. The van der Waals surface area contributed by atoms with Crippen LogP contribution in [0.3, 0.4) is 0 Å². The molecule has 2 aliphatic rings. The quantitative estimate of drug-likeness (QED) is 0.871. The van der Waals surface area contributed by atoms with Crippen LogP contribution >= 0.6 is 0 Å². The molecule has 1 aromatic carbocycles. The second kappa shape index (κ2) is 7.25. The lowest BCUT2D eigenvalue weighted by atomic mass is 10.0. The molecule has 2 unspecified atom stereocenters. The van der Waals surface area contributed by atoms with Crippen LogP contribution in [0.1, 0.15) is 31.2 Å². The van der Waals surface area contributed by atoms with Crippen molar-refractivity contribution in [2.45, 2.75) is 44.3 Å². The first-order chi connectivity index (χ1) is 11.5. The first-order valence-corrected chi connectivity index (χ1v) is 8.28. The molecule has 2 amide bonds. The summed E-state index contributed by atoms with van der Waals surface area (Å²) in [5.74, 6) is -1.37. The number of nitrogens with zero attached hydrogens (tertiary/aromatic N) is 1. The molecule has 0 spiro atoms. The van der Waals surface area contributed by atoms with Gasteiger partial charge in [0.25, 0.3) is 0 Å². The van der Waals surface area contributed by atoms with Crippen LogP contribution in [0.2, 0.25) is 0 Å². The van der Waals surface area contributed by atoms with Crippen molar-refractivity contribution < 1.29 is 18.4 Å². The molecule has 2 saturated heterocycles. The zero-order valence-corrected chi connectivity index (χ0v) is 13.4. The summed E-state index contributed by atoms with van der Waals surface area (Å²) in [5, 5.41) is 5.59. The van der Waals surface area contributed by atoms with Gasteiger partial charge in [-0.05, 0) is 37.9 Å². The van der Waals surface area contributed by atoms with Crippen molar-refractivity contribution in [3.63, 3.8) is 0 Å². The van der Waals surface area contributed by atoms with Crippen molar-refractivity contribution >= 4 is 11.8 Å². The van der Waals surface area contributed by atoms with Gasteiger partial charge < -0.3 is 10.6 Å². The van der Waals surface area contributed by atoms with Crippen molar-refractivity contribution in [2.75, 3.05) is 13.1 Å². The Morgan fingerprint density at radius 1 is 1.29 bits per heavy atom. The lowest BCUT2D eigenvalue weighted by Gasteiger charge is -2.33. The molecule has 7 heteroatoms. The molecule has 2 heterocycles. The van der Waals surface area contributed by atoms with E-state index in [0.717, 1.165) is 19.4 Å². The third-order valence-electron chi connectivity index (χ3n) is 4.61. The Morgan fingerprint density at radius 2 is 2.04 bits per heavy atom. The predicted octanol–water partition coefficient (Wildman–Crippen LogP) is 1.32. The van der Waals surface area contributed by atoms with E-state index in [4.69, 9.17) is 0 Å². The van der Waals surface area contributed by atoms with Crippen LogP contribution < -0.4 is 10.6 Å². The normalized spacial score (nSPS) is 24.7. The molecule has 0 bridgehead atoms. The average Bonchev–Trinajstić information content (AvgIpc) is 2.98. The van der Waals surface area contributed by atoms with E-state index in [1.807, 2.05) is 4.90 Å². The summed E-state index contributed by atoms with van der Waals surface area (Å²) in [4.78, 5) is 25.3. The van der Waals surface area contributed by atoms with E-state index >= 15 is 0 Å². The summed E-state index contributed by atoms with van der Waals surface area (Å²) in [7, 11) is 0. The lowest BCUT2D eigenvalue weighted by Crippen LogP contribution is -2.51. The predicted molar refractivity (Wildman–Crippen MR) is 84.0 cm³/mol. The topological polar surface area (TPSA) is 61.4 Å². The number of nitrogens with one attached hydrogen (secondary N) is 2. The number of amides is 2. The molecular weight excluding hydrogens is 316 g/mol. The molecule has 2 fully saturated rings. The Kier molecular flexibility index (Phi) is 5.08. The van der Waals surface area contributed by atoms with Gasteiger partial charge in [0.15, 0.2) is 0 Å². The molecule has 130 valence electrons. The number of rotatable bonds is 4. The second-order valence-electron chi connectivity index (χ2n) is 6.44. The number of piperidine rings is 1. The summed E-state index contributed by atoms with van der Waals surface area (Å²) in [6, 6.07) is 3.33. The molecule has 2 aliphatic heterocycles. The highest BCUT2D eigenvalue weighted by Crippen LogP contribution is 2.18. The van der Waals surface area contributed by atoms with Gasteiger partial charge in [0.2, 0.25) is 11.8 Å². The minimum Gasteiger partial charge on any atom is -0.350 e. The van der Waals surface area contributed by atoms with Crippen LogP contribution in [0.25, 0.3) is 0 Å². The van der Waals surface area contributed by atoms with Crippen LogP contribution in [0.15, 0.2) is 18.2 Å². The highest BCUT2D eigenvalue weighted by atomic mass is 19.1. The van der Waals surface area contributed by atoms with Crippen LogP contribution in [-0.4, -0.2) is 41.9 Å². The van der Waals surface area contributed by atoms with E-state index in [2.05, 4.69) is 10.6 Å². The first kappa shape index (κ1) is 16.8. The van der Waals surface area contributed by atoms with Crippen molar-refractivity contribution in [1.82, 2.24) is 15.5 Å². The highest BCUT2D eigenvalue weighted by Gasteiger charge is 2.30. The Balaban J connectivity index is 1.56. The van der Waals surface area contributed by atoms with Gasteiger partial charge in [-0.1, -0.05) is 6.07 Å². The third-order valence-corrected chi connectivity index (χ3v) is 4.61. The molecule has 0 radical (unpaired) electrons. The molecule has 24 heavy (non-hydrogen) atoms. The van der Waals surface area contributed by atoms with Crippen LogP contribution in [0.5, 0.6) is 0 Å². The van der Waals surface area contributed by atoms with Gasteiger partial charge in [-0.2, -0.15) is 0 Å². The monoisotopic (exact) mass is 337 g/mol. The Labute approximate surface area is 139 Å². The number of carbonyl (C=O) groups excluding carboxylic acids is 2. The van der Waals surface area contributed by atoms with Crippen molar-refractivity contribution in [2.24, 2.45) is 0 Å². The van der Waals surface area contributed by atoms with Gasteiger partial charge in [-0.3, -0.25) is 14.5 Å². The Bertz CT molecular complexity index is 618. The number of carbonyl (C=O) groups is 2. The molecule has 0 saturated carbocycles. The third kappa shape index (κ3) is 3.90. The van der Waals surface area contributed by atoms with E-state index in [1.165, 1.54) is 18.2 Å². The maximum absolute atomic E-state index is 13.8. The summed E-state index contributed by atoms with van der Waals surface area (Å²) in [6.07, 6.45) is 2.56. The molecule has 2 N–H and O–H groups in total. The lowest BCUT2D eigenvalue weighted by molar-refractivity contribution is -0.126. The van der Waals surface area contributed by atoms with Gasteiger partial charge in [0, 0.05) is 31.1 Å². The van der Waals surface area contributed by atoms with Crippen molar-refractivity contribution in [1.29, 1.82) is 0 Å². The number of hydrogen-bond donors (Lipinski definition) is 2. The van der Waals surface area contributed by atoms with Crippen molar-refractivity contribution in [3.05, 3.63) is 35.4 Å². The van der Waals surface area contributed by atoms with Gasteiger partial charge in [0.05, 0.1) is 0 Å². The first-order valence-electron chi connectivity index (χ1n) is 8.28. The highest BCUT2D eigenvalue weighted by molar-refractivity contribution is 5.90. The number of likely N-dealkylation sites (tertiary alicyclic amines) is 1. The van der Waals surface area contributed by atoms with E-state index in [0.29, 0.717) is 19.4 Å². The number of hydrogen-bond acceptors (Lipinski definition) is 3. The smallest absolute Gasteiger partial charge is 0.242 e. The summed E-state index contributed by atoms with van der Waals surface area (Å²) in [6.45, 7) is 1.46. The minimum absolute atomic E-state index is 0.0625. The standard InChI is InChI=1S/C17H21F2N3O2/c18-13-4-1-5-14(19)12(13)10-22-8-2-3-11(9-22)20-17(24)15-6-7-16(23)21-15/h1,4-5,11,15H,2-3,6-10H2,(H,20,24)(H,21,23). The van der Waals surface area contributed by atoms with Crippen LogP contribution in [0.4, 0.5) is 8.78 Å². The molecule has 5 nitrogen and oxygen atoms in total. The van der Waals surface area contributed by atoms with E-state index in [9.17, 15) is 18.4 Å². The molecule has 0 aliphatic carbocycles.